The smallest absolute Gasteiger partial charge is 0.115 e. The molecular weight excluding hydrogens is 368 g/mol. The van der Waals surface area contributed by atoms with Crippen LogP contribution in [0.4, 0.5) is 0 Å². The van der Waals surface area contributed by atoms with Gasteiger partial charge < -0.3 is 10.2 Å². The normalized spacial score (nSPS) is 25.0. The van der Waals surface area contributed by atoms with Crippen LogP contribution in [0.25, 0.3) is 0 Å². The van der Waals surface area contributed by atoms with Crippen molar-refractivity contribution < 1.29 is 10.2 Å². The van der Waals surface area contributed by atoms with Crippen LogP contribution in [0.3, 0.4) is 0 Å². The number of allylic oxidation sites excluding steroid dienone is 4. The highest BCUT2D eigenvalue weighted by Gasteiger charge is 2.60. The van der Waals surface area contributed by atoms with E-state index in [-0.39, 0.29) is 39.6 Å². The number of benzene rings is 2. The lowest BCUT2D eigenvalue weighted by atomic mass is 9.41. The average Bonchev–Trinajstić information content (AvgIpc) is 2.67. The number of phenolic OH excluding ortho intramolecular Hbond substituents is 2. The molecule has 0 radical (unpaired) electrons. The SMILES string of the molecule is CC=CC1C(C)(C)CC(C)(C)C(C=CC)C1(c1ccc(O)cc1)c1ccc(O)cc1. The van der Waals surface area contributed by atoms with Crippen molar-refractivity contribution in [2.75, 3.05) is 0 Å². The van der Waals surface area contributed by atoms with Crippen LogP contribution in [-0.2, 0) is 5.41 Å². The molecule has 2 heteroatoms. The molecule has 1 fully saturated rings. The predicted molar refractivity (Wildman–Crippen MR) is 126 cm³/mol. The monoisotopic (exact) mass is 404 g/mol. The van der Waals surface area contributed by atoms with Crippen LogP contribution in [0.15, 0.2) is 72.8 Å². The minimum atomic E-state index is -0.342. The van der Waals surface area contributed by atoms with Gasteiger partial charge in [0.15, 0.2) is 0 Å². The molecular formula is C28H36O2. The van der Waals surface area contributed by atoms with Gasteiger partial charge in [-0.3, -0.25) is 0 Å². The molecule has 3 rings (SSSR count). The summed E-state index contributed by atoms with van der Waals surface area (Å²) in [6.45, 7) is 13.7. The third-order valence-corrected chi connectivity index (χ3v) is 7.04. The molecule has 0 saturated heterocycles. The van der Waals surface area contributed by atoms with E-state index in [9.17, 15) is 10.2 Å². The summed E-state index contributed by atoms with van der Waals surface area (Å²) in [5.74, 6) is 1.02. The standard InChI is InChI=1S/C28H36O2/c1-7-9-24-26(3,4)19-27(5,6)25(10-8-2)28(24,20-11-15-22(29)16-12-20)21-13-17-23(30)18-14-21/h7-18,24-25,29-30H,19H2,1-6H3. The first-order valence-electron chi connectivity index (χ1n) is 10.9. The van der Waals surface area contributed by atoms with Crippen molar-refractivity contribution >= 4 is 0 Å². The largest absolute Gasteiger partial charge is 0.508 e. The lowest BCUT2D eigenvalue weighted by molar-refractivity contribution is -0.0236. The van der Waals surface area contributed by atoms with Gasteiger partial charge in [0.25, 0.3) is 0 Å². The second-order valence-electron chi connectivity index (χ2n) is 10.1. The van der Waals surface area contributed by atoms with Crippen molar-refractivity contribution in [1.29, 1.82) is 0 Å². The minimum absolute atomic E-state index is 0.0455. The van der Waals surface area contributed by atoms with Gasteiger partial charge in [-0.05, 0) is 78.3 Å². The van der Waals surface area contributed by atoms with Gasteiger partial charge in [0.05, 0.1) is 0 Å². The van der Waals surface area contributed by atoms with Crippen LogP contribution in [0.2, 0.25) is 0 Å². The number of hydrogen-bond acceptors (Lipinski definition) is 2. The van der Waals surface area contributed by atoms with E-state index in [1.807, 2.05) is 0 Å². The summed E-state index contributed by atoms with van der Waals surface area (Å²) >= 11 is 0. The molecule has 0 spiro atoms. The highest BCUT2D eigenvalue weighted by atomic mass is 16.3. The third kappa shape index (κ3) is 3.57. The molecule has 2 unspecified atom stereocenters. The zero-order valence-corrected chi connectivity index (χ0v) is 19.2. The fraction of sp³-hybridized carbons (Fsp3) is 0.429. The van der Waals surface area contributed by atoms with E-state index in [0.717, 1.165) is 6.42 Å². The molecule has 2 aromatic carbocycles. The quantitative estimate of drug-likeness (QED) is 0.528. The number of rotatable bonds is 4. The minimum Gasteiger partial charge on any atom is -0.508 e. The molecule has 0 aliphatic heterocycles. The second-order valence-corrected chi connectivity index (χ2v) is 10.1. The summed E-state index contributed by atoms with van der Waals surface area (Å²) in [5.41, 5.74) is 2.13. The van der Waals surface area contributed by atoms with Gasteiger partial charge in [-0.25, -0.2) is 0 Å². The van der Waals surface area contributed by atoms with Gasteiger partial charge in [0.2, 0.25) is 0 Å². The summed E-state index contributed by atoms with van der Waals surface area (Å²) in [6.07, 6.45) is 10.2. The number of hydrogen-bond donors (Lipinski definition) is 2. The van der Waals surface area contributed by atoms with Crippen LogP contribution in [0, 0.1) is 22.7 Å². The van der Waals surface area contributed by atoms with Crippen LogP contribution in [0.5, 0.6) is 11.5 Å². The van der Waals surface area contributed by atoms with Gasteiger partial charge in [-0.2, -0.15) is 0 Å². The van der Waals surface area contributed by atoms with Gasteiger partial charge in [-0.1, -0.05) is 76.3 Å². The second kappa shape index (κ2) is 7.98. The summed E-state index contributed by atoms with van der Waals surface area (Å²) in [6, 6.07) is 15.5. The highest BCUT2D eigenvalue weighted by molar-refractivity contribution is 5.49. The molecule has 0 heterocycles. The molecule has 1 saturated carbocycles. The zero-order chi connectivity index (χ0) is 22.2. The molecule has 30 heavy (non-hydrogen) atoms. The Kier molecular flexibility index (Phi) is 5.91. The first-order valence-corrected chi connectivity index (χ1v) is 10.9. The van der Waals surface area contributed by atoms with Crippen molar-refractivity contribution in [3.8, 4) is 11.5 Å². The van der Waals surface area contributed by atoms with Crippen molar-refractivity contribution in [2.24, 2.45) is 22.7 Å². The van der Waals surface area contributed by atoms with Gasteiger partial charge in [0.1, 0.15) is 11.5 Å². The molecule has 2 atom stereocenters. The maximum atomic E-state index is 10.0. The summed E-state index contributed by atoms with van der Waals surface area (Å²) in [7, 11) is 0. The molecule has 2 aromatic rings. The maximum Gasteiger partial charge on any atom is 0.115 e. The van der Waals surface area contributed by atoms with Crippen LogP contribution in [0.1, 0.15) is 59.1 Å². The fourth-order valence-corrected chi connectivity index (χ4v) is 6.39. The van der Waals surface area contributed by atoms with Crippen LogP contribution < -0.4 is 0 Å². The Hall–Kier alpha value is -2.48. The lowest BCUT2D eigenvalue weighted by Gasteiger charge is -2.62. The predicted octanol–water partition coefficient (Wildman–Crippen LogP) is 7.22. The summed E-state index contributed by atoms with van der Waals surface area (Å²) in [5, 5.41) is 20.1. The average molecular weight is 405 g/mol. The molecule has 0 aromatic heterocycles. The molecule has 0 bridgehead atoms. The fourth-order valence-electron chi connectivity index (χ4n) is 6.39. The van der Waals surface area contributed by atoms with E-state index in [1.165, 1.54) is 11.1 Å². The van der Waals surface area contributed by atoms with E-state index in [2.05, 4.69) is 90.1 Å². The first kappa shape index (κ1) is 22.2. The Bertz CT molecular complexity index is 837. The zero-order valence-electron chi connectivity index (χ0n) is 19.2. The van der Waals surface area contributed by atoms with E-state index in [0.29, 0.717) is 0 Å². The lowest BCUT2D eigenvalue weighted by Crippen LogP contribution is -2.58. The van der Waals surface area contributed by atoms with Crippen LogP contribution in [-0.4, -0.2) is 10.2 Å². The third-order valence-electron chi connectivity index (χ3n) is 7.04. The Morgan fingerprint density at radius 2 is 1.00 bits per heavy atom. The van der Waals surface area contributed by atoms with Crippen molar-refractivity contribution in [2.45, 2.75) is 53.4 Å². The van der Waals surface area contributed by atoms with E-state index in [1.54, 1.807) is 24.3 Å². The van der Waals surface area contributed by atoms with Crippen molar-refractivity contribution in [1.82, 2.24) is 0 Å². The Morgan fingerprint density at radius 1 is 0.667 bits per heavy atom. The highest BCUT2D eigenvalue weighted by Crippen LogP contribution is 2.65. The maximum absolute atomic E-state index is 10.0. The molecule has 2 N–H and O–H groups in total. The number of phenols is 2. The van der Waals surface area contributed by atoms with Gasteiger partial charge >= 0.3 is 0 Å². The molecule has 160 valence electrons. The summed E-state index contributed by atoms with van der Waals surface area (Å²) in [4.78, 5) is 0. The molecule has 1 aliphatic carbocycles. The number of aromatic hydroxyl groups is 2. The summed E-state index contributed by atoms with van der Waals surface area (Å²) < 4.78 is 0. The van der Waals surface area contributed by atoms with Crippen molar-refractivity contribution in [3.05, 3.63) is 84.0 Å². The van der Waals surface area contributed by atoms with Crippen LogP contribution >= 0.6 is 0 Å². The van der Waals surface area contributed by atoms with E-state index >= 15 is 0 Å². The Labute approximate surface area is 182 Å². The Morgan fingerprint density at radius 3 is 1.30 bits per heavy atom. The molecule has 0 amide bonds. The topological polar surface area (TPSA) is 40.5 Å². The first-order chi connectivity index (χ1) is 14.1. The van der Waals surface area contributed by atoms with E-state index in [4.69, 9.17) is 0 Å². The Balaban J connectivity index is 2.49. The van der Waals surface area contributed by atoms with Gasteiger partial charge in [-0.15, -0.1) is 0 Å². The van der Waals surface area contributed by atoms with Gasteiger partial charge in [0, 0.05) is 5.41 Å². The molecule has 1 aliphatic rings. The van der Waals surface area contributed by atoms with E-state index < -0.39 is 0 Å². The van der Waals surface area contributed by atoms with Crippen molar-refractivity contribution in [3.63, 3.8) is 0 Å². The molecule has 2 nitrogen and oxygen atoms in total.